The lowest BCUT2D eigenvalue weighted by Gasteiger charge is -2.28. The van der Waals surface area contributed by atoms with Crippen molar-refractivity contribution in [2.75, 3.05) is 52.1 Å². The summed E-state index contributed by atoms with van der Waals surface area (Å²) in [4.78, 5) is 65.0. The van der Waals surface area contributed by atoms with E-state index in [0.29, 0.717) is 22.1 Å². The number of halogens is 8. The van der Waals surface area contributed by atoms with Gasteiger partial charge in [0.1, 0.15) is 24.6 Å². The lowest BCUT2D eigenvalue weighted by atomic mass is 9.98. The second-order valence-electron chi connectivity index (χ2n) is 19.8. The Bertz CT molecular complexity index is 5900. The molecule has 6 aromatic carbocycles. The average Bonchev–Trinajstić information content (AvgIpc) is 1.51. The van der Waals surface area contributed by atoms with Crippen molar-refractivity contribution >= 4 is 35.3 Å². The Hall–Kier alpha value is -7.92. The number of aromatic nitrogens is 4. The van der Waals surface area contributed by atoms with Gasteiger partial charge in [-0.2, -0.15) is 36.3 Å². The zero-order valence-electron chi connectivity index (χ0n) is 87.4. The number of benzene rings is 6. The fourth-order valence-electron chi connectivity index (χ4n) is 8.76. The van der Waals surface area contributed by atoms with E-state index in [0.717, 1.165) is 62.1 Å². The number of likely N-dealkylation sites (N-methyl/N-ethyl adjacent to an activating group) is 2. The van der Waals surface area contributed by atoms with Crippen molar-refractivity contribution in [2.45, 2.75) is 133 Å². The van der Waals surface area contributed by atoms with E-state index >= 15 is 4.79 Å². The number of alkyl halides is 6. The summed E-state index contributed by atoms with van der Waals surface area (Å²) in [6.07, 6.45) is -21.2. The van der Waals surface area contributed by atoms with Crippen LogP contribution in [0.5, 0.6) is 0 Å². The van der Waals surface area contributed by atoms with Crippen molar-refractivity contribution in [3.63, 3.8) is 0 Å². The summed E-state index contributed by atoms with van der Waals surface area (Å²) in [5.74, 6) is -6.73. The monoisotopic (exact) mass is 1380 g/mol. The maximum Gasteiger partial charge on any atom is 0.416 e. The van der Waals surface area contributed by atoms with Crippen LogP contribution in [-0.4, -0.2) is 103 Å². The summed E-state index contributed by atoms with van der Waals surface area (Å²) in [5, 5.41) is -2.26. The molecule has 12 nitrogen and oxygen atoms in total. The van der Waals surface area contributed by atoms with Gasteiger partial charge >= 0.3 is 12.4 Å². The molecule has 22 heteroatoms. The molecule has 502 valence electrons. The first-order chi connectivity index (χ1) is 59.7. The quantitative estimate of drug-likeness (QED) is 0.0295. The van der Waals surface area contributed by atoms with Crippen LogP contribution in [0.2, 0.25) is 0 Å². The van der Waals surface area contributed by atoms with Gasteiger partial charge in [0.15, 0.2) is 10.3 Å². The minimum Gasteiger partial charge on any atom is -0.336 e. The van der Waals surface area contributed by atoms with E-state index < -0.39 is 281 Å². The van der Waals surface area contributed by atoms with Crippen LogP contribution in [0.1, 0.15) is 153 Å². The zero-order valence-corrected chi connectivity index (χ0v) is 52.1. The molecule has 0 radical (unpaired) electrons. The number of hydrogen-bond acceptors (Lipinski definition) is 10. The Morgan fingerprint density at radius 2 is 1.07 bits per heavy atom. The molecule has 95 heavy (non-hydrogen) atoms. The summed E-state index contributed by atoms with van der Waals surface area (Å²) in [6, 6.07) is -1.20. The zero-order chi connectivity index (χ0) is 101. The number of carbonyl (C=O) groups is 2. The highest BCUT2D eigenvalue weighted by Crippen LogP contribution is 2.36. The minimum absolute atomic E-state index is 0.00152. The molecule has 0 saturated carbocycles. The summed E-state index contributed by atoms with van der Waals surface area (Å²) < 4.78 is 433. The molecule has 0 spiro atoms. The standard InChI is InChI=1S/C37H40F4N4O2S.C36H38F4N4O2S/c1-4-43(5-2)19-20-44(22-26-9-13-28(14-10-26)29-15-18-32(25(3)21-29)37(39,40)41)34(46)23-45-33-8-6-7-31(33)35(47)42-36(45)48-24-27-11-16-30(38)17-12-27;1-3-42(4-2)20-21-43(22-25-8-12-27(13-9-25)28-14-16-29(17-15-28)36(38,39)40)33(45)23-44-32-7-5-6-31(32)34(46)41-35(44)47-24-26-10-18-30(37)19-11-26/h9-18,21H,4-8,19-20,22-24H2,1-3H3;8-19H,3-7,20-24H2,1-2H3/i6D2,7D2,8D2,9D,10D,11D,12D,13D,14D,15D,16D,17D,18D,19D2,20D2,21D,23D2,24D2;3D2,4D2,20D2,21D2,23D2,24D2. The van der Waals surface area contributed by atoms with Crippen molar-refractivity contribution < 1.29 is 95.4 Å². The van der Waals surface area contributed by atoms with Crippen molar-refractivity contribution in [2.24, 2.45) is 0 Å². The van der Waals surface area contributed by atoms with Crippen LogP contribution in [-0.2, 0) is 85.0 Å². The van der Waals surface area contributed by atoms with E-state index in [4.69, 9.17) is 42.5 Å². The van der Waals surface area contributed by atoms with Gasteiger partial charge < -0.3 is 28.7 Å². The molecule has 0 fully saturated rings. The molecule has 0 N–H and O–H groups in total. The van der Waals surface area contributed by atoms with Crippen molar-refractivity contribution in [1.82, 2.24) is 38.7 Å². The van der Waals surface area contributed by atoms with Gasteiger partial charge in [-0.1, -0.05) is 148 Å². The SMILES string of the molecule is [2H]C([2H])(Sc1nc(=O)c2c(n1C([2H])([2H])C(=O)N(Cc1ccc(-c3ccc(C(F)(F)F)cc3)cc1)C([2H])([2H])C([2H])([2H])N(C([2H])([2H])C)C([2H])([2H])C)CCC2)c1ccc(F)cc1.[2H]c1c([2H])c(C([2H])([2H])Sc2nc(=O)c3c(n2C([2H])([2H])C(=O)N(Cc2c([2H])c([2H])c(-c4c([2H])c([2H])c(C(F)(F)F)c(C)c4[2H])c([2H])c2[2H])C([2H])([2H])C([2H])([2H])N(CC)CC)C([2H])([2H])C([2H])([2H])C3([2H])[2H])c([2H])c([2H])c1F. The van der Waals surface area contributed by atoms with Gasteiger partial charge in [-0.15, -0.1) is 0 Å². The summed E-state index contributed by atoms with van der Waals surface area (Å²) in [6.45, 7) is -27.5. The minimum atomic E-state index is -5.28. The number of amides is 2. The normalized spacial score (nSPS) is 21.6. The number of carbonyl (C=O) groups excluding carboxylic acids is 2. The Balaban J connectivity index is 0.000000304. The van der Waals surface area contributed by atoms with E-state index in [2.05, 4.69) is 9.97 Å². The van der Waals surface area contributed by atoms with Gasteiger partial charge in [0.25, 0.3) is 11.1 Å². The van der Waals surface area contributed by atoms with Crippen molar-refractivity contribution in [3.05, 3.63) is 233 Å². The van der Waals surface area contributed by atoms with Gasteiger partial charge in [0.05, 0.1) is 37.2 Å². The second kappa shape index (κ2) is 32.7. The predicted molar refractivity (Wildman–Crippen MR) is 358 cm³/mol. The molecule has 8 aromatic rings. The lowest BCUT2D eigenvalue weighted by molar-refractivity contribution is -0.138. The maximum atomic E-state index is 15.3. The Kier molecular flexibility index (Phi) is 12.7. The molecular formula is C73H78F8N8O4S2. The van der Waals surface area contributed by atoms with E-state index in [1.165, 1.54) is 50.2 Å². The van der Waals surface area contributed by atoms with Crippen LogP contribution in [0.15, 0.2) is 159 Å². The summed E-state index contributed by atoms with van der Waals surface area (Å²) in [5.41, 5.74) is -19.8. The van der Waals surface area contributed by atoms with Crippen LogP contribution in [0, 0.1) is 18.6 Å². The largest absolute Gasteiger partial charge is 0.416 e. The molecule has 0 atom stereocenters. The number of hydrogen-bond donors (Lipinski definition) is 0. The van der Waals surface area contributed by atoms with E-state index in [-0.39, 0.29) is 79.3 Å². The lowest BCUT2D eigenvalue weighted by Crippen LogP contribution is -2.40. The number of rotatable bonds is 26. The Labute approximate surface area is 609 Å². The van der Waals surface area contributed by atoms with Crippen LogP contribution in [0.3, 0.4) is 0 Å². The average molecular weight is 1380 g/mol. The van der Waals surface area contributed by atoms with Crippen molar-refractivity contribution in [1.29, 1.82) is 0 Å². The van der Waals surface area contributed by atoms with E-state index in [1.54, 1.807) is 0 Å². The van der Waals surface area contributed by atoms with Crippen molar-refractivity contribution in [3.8, 4) is 22.3 Å². The molecule has 2 aliphatic rings. The van der Waals surface area contributed by atoms with Crippen LogP contribution >= 0.6 is 23.5 Å². The highest BCUT2D eigenvalue weighted by molar-refractivity contribution is 7.98. The molecular weight excluding hydrogens is 1270 g/mol. The third-order valence-electron chi connectivity index (χ3n) is 13.6. The molecule has 10 rings (SSSR count). The topological polar surface area (TPSA) is 117 Å². The number of fused-ring (bicyclic) bond motifs is 2. The highest BCUT2D eigenvalue weighted by Gasteiger charge is 2.33. The van der Waals surface area contributed by atoms with Gasteiger partial charge in [-0.25, -0.2) is 8.78 Å². The molecule has 2 aromatic heterocycles. The van der Waals surface area contributed by atoms with E-state index in [9.17, 15) is 57.7 Å². The fourth-order valence-corrected chi connectivity index (χ4v) is 10.1. The number of nitrogens with zero attached hydrogens (tertiary/aromatic N) is 8. The molecule has 0 aliphatic heterocycles. The van der Waals surface area contributed by atoms with Gasteiger partial charge in [0.2, 0.25) is 11.8 Å². The fraction of sp³-hybridized carbons (Fsp3) is 0.370. The summed E-state index contributed by atoms with van der Waals surface area (Å²) >= 11 is -0.388. The van der Waals surface area contributed by atoms with Crippen LogP contribution < -0.4 is 11.1 Å². The molecule has 2 heterocycles. The second-order valence-corrected chi connectivity index (χ2v) is 21.4. The van der Waals surface area contributed by atoms with Gasteiger partial charge in [-0.3, -0.25) is 19.2 Å². The van der Waals surface area contributed by atoms with E-state index in [1.807, 2.05) is 0 Å². The first-order valence-corrected chi connectivity index (χ1v) is 29.9. The van der Waals surface area contributed by atoms with Crippen LogP contribution in [0.4, 0.5) is 35.1 Å². The first-order valence-electron chi connectivity index (χ1n) is 46.7. The molecule has 2 aliphatic carbocycles. The Morgan fingerprint density at radius 1 is 0.558 bits per heavy atom. The first kappa shape index (κ1) is 37.0. The number of thioether (sulfide) groups is 2. The Morgan fingerprint density at radius 3 is 1.64 bits per heavy atom. The molecule has 2 amide bonds. The smallest absolute Gasteiger partial charge is 0.336 e. The molecule has 0 saturated heterocycles. The van der Waals surface area contributed by atoms with Crippen LogP contribution in [0.25, 0.3) is 22.3 Å². The van der Waals surface area contributed by atoms with Gasteiger partial charge in [0, 0.05) is 97.7 Å². The maximum absolute atomic E-state index is 15.3. The molecule has 0 bridgehead atoms. The predicted octanol–water partition coefficient (Wildman–Crippen LogP) is 14.7. The third kappa shape index (κ3) is 19.0. The van der Waals surface area contributed by atoms with Gasteiger partial charge in [-0.05, 0) is 164 Å². The molecule has 0 unspecified atom stereocenters. The summed E-state index contributed by atoms with van der Waals surface area (Å²) in [7, 11) is 0. The third-order valence-corrected chi connectivity index (χ3v) is 15.2. The highest BCUT2D eigenvalue weighted by atomic mass is 32.2.